The summed E-state index contributed by atoms with van der Waals surface area (Å²) in [7, 11) is -2.07. The lowest BCUT2D eigenvalue weighted by atomic mass is 10.1. The first-order chi connectivity index (χ1) is 17.8. The van der Waals surface area contributed by atoms with Gasteiger partial charge in [-0.05, 0) is 31.4 Å². The molecule has 0 spiro atoms. The first-order valence-electron chi connectivity index (χ1n) is 12.0. The second-order valence-electron chi connectivity index (χ2n) is 8.78. The van der Waals surface area contributed by atoms with Crippen molar-refractivity contribution in [3.05, 3.63) is 42.4 Å². The molecule has 0 atom stereocenters. The average molecular weight is 537 g/mol. The minimum atomic E-state index is -3.77. The maximum Gasteiger partial charge on any atom is 0.232 e. The number of hydrogen-bond donors (Lipinski definition) is 2. The molecule has 1 aliphatic heterocycles. The van der Waals surface area contributed by atoms with Gasteiger partial charge in [0, 0.05) is 50.7 Å². The second kappa shape index (κ2) is 11.9. The predicted octanol–water partition coefficient (Wildman–Crippen LogP) is 2.68. The van der Waals surface area contributed by atoms with Crippen LogP contribution in [0.5, 0.6) is 0 Å². The Morgan fingerprint density at radius 3 is 2.57 bits per heavy atom. The lowest BCUT2D eigenvalue weighted by Gasteiger charge is -2.32. The van der Waals surface area contributed by atoms with Gasteiger partial charge >= 0.3 is 0 Å². The Labute approximate surface area is 214 Å². The van der Waals surface area contributed by atoms with Gasteiger partial charge in [-0.15, -0.1) is 5.10 Å². The molecule has 1 saturated heterocycles. The number of hydrogen-bond acceptors (Lipinski definition) is 9. The van der Waals surface area contributed by atoms with Gasteiger partial charge in [0.1, 0.15) is 11.4 Å². The molecule has 14 heteroatoms. The number of sulfonamides is 1. The van der Waals surface area contributed by atoms with E-state index >= 15 is 4.39 Å². The molecule has 3 aromatic rings. The van der Waals surface area contributed by atoms with Crippen LogP contribution < -0.4 is 10.0 Å². The van der Waals surface area contributed by atoms with Crippen LogP contribution in [0.2, 0.25) is 0 Å². The van der Waals surface area contributed by atoms with Gasteiger partial charge < -0.3 is 15.0 Å². The van der Waals surface area contributed by atoms with Gasteiger partial charge in [0.25, 0.3) is 0 Å². The molecule has 0 amide bonds. The number of benzene rings is 1. The topological polar surface area (TPSA) is 127 Å². The number of methoxy groups -OCH3 is 1. The summed E-state index contributed by atoms with van der Waals surface area (Å²) in [6, 6.07) is 2.26. The standard InChI is InChI=1S/C23H30F2N8O3S/c1-3-12-37(34,35)30-19-5-4-18(24)22(21(19)25)33-15-20(29-31-33)16-13-26-23(27-14-16)28-17-6-8-32(9-7-17)10-11-36-2/h4-5,13-15,17,30H,3,6-12H2,1-2H3,(H,26,27,28). The van der Waals surface area contributed by atoms with Crippen molar-refractivity contribution >= 4 is 21.7 Å². The Bertz CT molecular complexity index is 1300. The average Bonchev–Trinajstić information content (AvgIpc) is 3.35. The van der Waals surface area contributed by atoms with Gasteiger partial charge in [0.05, 0.1) is 24.2 Å². The molecule has 200 valence electrons. The Balaban J connectivity index is 1.44. The van der Waals surface area contributed by atoms with Gasteiger partial charge in [0.2, 0.25) is 16.0 Å². The van der Waals surface area contributed by atoms with E-state index in [2.05, 4.69) is 35.2 Å². The van der Waals surface area contributed by atoms with Crippen molar-refractivity contribution in [1.29, 1.82) is 0 Å². The number of aromatic nitrogens is 5. The van der Waals surface area contributed by atoms with E-state index in [9.17, 15) is 12.8 Å². The van der Waals surface area contributed by atoms with Crippen molar-refractivity contribution in [2.45, 2.75) is 32.2 Å². The highest BCUT2D eigenvalue weighted by Gasteiger charge is 2.22. The third-order valence-corrected chi connectivity index (χ3v) is 7.48. The molecule has 0 aliphatic carbocycles. The lowest BCUT2D eigenvalue weighted by molar-refractivity contribution is 0.132. The van der Waals surface area contributed by atoms with Crippen LogP contribution in [0.4, 0.5) is 20.4 Å². The Morgan fingerprint density at radius 2 is 1.89 bits per heavy atom. The molecule has 1 aliphatic rings. The van der Waals surface area contributed by atoms with Crippen LogP contribution in [0.15, 0.2) is 30.7 Å². The fraction of sp³-hybridized carbons (Fsp3) is 0.478. The molecule has 2 aromatic heterocycles. The van der Waals surface area contributed by atoms with Gasteiger partial charge in [-0.25, -0.2) is 31.8 Å². The van der Waals surface area contributed by atoms with Crippen LogP contribution in [0, 0.1) is 11.6 Å². The molecule has 0 saturated carbocycles. The van der Waals surface area contributed by atoms with Gasteiger partial charge in [0.15, 0.2) is 11.6 Å². The highest BCUT2D eigenvalue weighted by molar-refractivity contribution is 7.92. The molecule has 0 unspecified atom stereocenters. The van der Waals surface area contributed by atoms with Crippen LogP contribution >= 0.6 is 0 Å². The molecule has 37 heavy (non-hydrogen) atoms. The summed E-state index contributed by atoms with van der Waals surface area (Å²) in [4.78, 5) is 11.1. The van der Waals surface area contributed by atoms with Crippen molar-refractivity contribution in [3.63, 3.8) is 0 Å². The van der Waals surface area contributed by atoms with Crippen LogP contribution in [-0.2, 0) is 14.8 Å². The van der Waals surface area contributed by atoms with Gasteiger partial charge in [-0.2, -0.15) is 0 Å². The summed E-state index contributed by atoms with van der Waals surface area (Å²) in [5, 5.41) is 11.1. The molecule has 4 rings (SSSR count). The molecule has 11 nitrogen and oxygen atoms in total. The van der Waals surface area contributed by atoms with Crippen molar-refractivity contribution in [2.75, 3.05) is 49.1 Å². The minimum Gasteiger partial charge on any atom is -0.383 e. The number of nitrogens with one attached hydrogen (secondary N) is 2. The van der Waals surface area contributed by atoms with Crippen molar-refractivity contribution in [1.82, 2.24) is 29.9 Å². The fourth-order valence-corrected chi connectivity index (χ4v) is 5.19. The zero-order valence-electron chi connectivity index (χ0n) is 20.7. The Hall–Kier alpha value is -3.23. The van der Waals surface area contributed by atoms with Crippen LogP contribution in [0.1, 0.15) is 26.2 Å². The maximum absolute atomic E-state index is 15.1. The van der Waals surface area contributed by atoms with E-state index in [0.717, 1.165) is 55.9 Å². The summed E-state index contributed by atoms with van der Waals surface area (Å²) in [5.74, 6) is -1.72. The zero-order chi connectivity index (χ0) is 26.4. The molecule has 0 bridgehead atoms. The highest BCUT2D eigenvalue weighted by atomic mass is 32.2. The van der Waals surface area contributed by atoms with E-state index in [1.54, 1.807) is 26.4 Å². The normalized spacial score (nSPS) is 15.1. The van der Waals surface area contributed by atoms with E-state index in [-0.39, 0.29) is 17.5 Å². The number of halogens is 2. The first-order valence-corrected chi connectivity index (χ1v) is 13.7. The Morgan fingerprint density at radius 1 is 1.16 bits per heavy atom. The first kappa shape index (κ1) is 26.8. The fourth-order valence-electron chi connectivity index (χ4n) is 4.06. The Kier molecular flexibility index (Phi) is 8.61. The van der Waals surface area contributed by atoms with Crippen LogP contribution in [0.25, 0.3) is 16.9 Å². The molecule has 0 radical (unpaired) electrons. The highest BCUT2D eigenvalue weighted by Crippen LogP contribution is 2.26. The number of piperidine rings is 1. The van der Waals surface area contributed by atoms with E-state index in [4.69, 9.17) is 4.74 Å². The van der Waals surface area contributed by atoms with E-state index in [1.165, 1.54) is 6.20 Å². The zero-order valence-corrected chi connectivity index (χ0v) is 21.5. The van der Waals surface area contributed by atoms with Gasteiger partial charge in [-0.3, -0.25) is 4.72 Å². The summed E-state index contributed by atoms with van der Waals surface area (Å²) >= 11 is 0. The third kappa shape index (κ3) is 6.76. The predicted molar refractivity (Wildman–Crippen MR) is 135 cm³/mol. The molecule has 3 heterocycles. The van der Waals surface area contributed by atoms with Crippen molar-refractivity contribution < 1.29 is 21.9 Å². The van der Waals surface area contributed by atoms with Gasteiger partial charge in [-0.1, -0.05) is 12.1 Å². The van der Waals surface area contributed by atoms with Crippen LogP contribution in [-0.4, -0.2) is 83.4 Å². The molecule has 1 aromatic carbocycles. The minimum absolute atomic E-state index is 0.189. The molecular weight excluding hydrogens is 506 g/mol. The SMILES string of the molecule is CCCS(=O)(=O)Nc1ccc(F)c(-n2cc(-c3cnc(NC4CCN(CCOC)CC4)nc3)nn2)c1F. The quantitative estimate of drug-likeness (QED) is 0.380. The number of rotatable bonds is 11. The number of likely N-dealkylation sites (tertiary alicyclic amines) is 1. The third-order valence-electron chi connectivity index (χ3n) is 6.01. The number of nitrogens with zero attached hydrogens (tertiary/aromatic N) is 6. The summed E-state index contributed by atoms with van der Waals surface area (Å²) in [5.41, 5.74) is -0.114. The molecular formula is C23H30F2N8O3S. The van der Waals surface area contributed by atoms with Crippen molar-refractivity contribution in [3.8, 4) is 16.9 Å². The maximum atomic E-state index is 15.1. The molecule has 1 fully saturated rings. The summed E-state index contributed by atoms with van der Waals surface area (Å²) in [6.45, 7) is 5.26. The van der Waals surface area contributed by atoms with Crippen LogP contribution in [0.3, 0.4) is 0 Å². The van der Waals surface area contributed by atoms with E-state index < -0.39 is 27.3 Å². The van der Waals surface area contributed by atoms with E-state index in [0.29, 0.717) is 23.6 Å². The lowest BCUT2D eigenvalue weighted by Crippen LogP contribution is -2.40. The summed E-state index contributed by atoms with van der Waals surface area (Å²) in [6.07, 6.45) is 6.72. The second-order valence-corrected chi connectivity index (χ2v) is 10.6. The monoisotopic (exact) mass is 536 g/mol. The van der Waals surface area contributed by atoms with Crippen molar-refractivity contribution in [2.24, 2.45) is 0 Å². The smallest absolute Gasteiger partial charge is 0.232 e. The number of ether oxygens (including phenoxy) is 1. The largest absolute Gasteiger partial charge is 0.383 e. The molecule has 2 N–H and O–H groups in total. The number of anilines is 2. The summed E-state index contributed by atoms with van der Waals surface area (Å²) < 4.78 is 61.9. The van der Waals surface area contributed by atoms with E-state index in [1.807, 2.05) is 0 Å².